The van der Waals surface area contributed by atoms with Crippen molar-refractivity contribution in [2.24, 2.45) is 5.92 Å². The van der Waals surface area contributed by atoms with E-state index < -0.39 is 10.0 Å². The highest BCUT2D eigenvalue weighted by Gasteiger charge is 2.39. The number of hydrogen-bond acceptors (Lipinski definition) is 3. The van der Waals surface area contributed by atoms with Crippen LogP contribution in [-0.2, 0) is 14.8 Å². The monoisotopic (exact) mass is 193 g/mol. The smallest absolute Gasteiger partial charge is 0.216 e. The summed E-state index contributed by atoms with van der Waals surface area (Å²) in [4.78, 5) is 0. The minimum Gasteiger partial charge on any atom is -0.383 e. The van der Waals surface area contributed by atoms with Crippen molar-refractivity contribution in [3.63, 3.8) is 0 Å². The highest BCUT2D eigenvalue weighted by molar-refractivity contribution is 7.90. The topological polar surface area (TPSA) is 55.4 Å². The Morgan fingerprint density at radius 1 is 1.58 bits per heavy atom. The van der Waals surface area contributed by atoms with Crippen LogP contribution in [0, 0.1) is 5.92 Å². The minimum absolute atomic E-state index is 0.299. The van der Waals surface area contributed by atoms with Gasteiger partial charge in [-0.2, -0.15) is 0 Å². The molecule has 0 aromatic heterocycles. The first-order valence-electron chi connectivity index (χ1n) is 4.03. The second-order valence-corrected chi connectivity index (χ2v) is 5.18. The maximum Gasteiger partial charge on any atom is 0.216 e. The van der Waals surface area contributed by atoms with Gasteiger partial charge < -0.3 is 4.74 Å². The van der Waals surface area contributed by atoms with Gasteiger partial charge in [-0.15, -0.1) is 0 Å². The van der Waals surface area contributed by atoms with Crippen LogP contribution in [0.3, 0.4) is 0 Å². The van der Waals surface area contributed by atoms with Gasteiger partial charge in [0.1, 0.15) is 5.25 Å². The molecule has 0 aliphatic heterocycles. The summed E-state index contributed by atoms with van der Waals surface area (Å²) < 4.78 is 30.0. The molecule has 1 rings (SSSR count). The second-order valence-electron chi connectivity index (χ2n) is 3.08. The maximum absolute atomic E-state index is 11.4. The van der Waals surface area contributed by atoms with Crippen molar-refractivity contribution in [2.45, 2.75) is 18.1 Å². The molecule has 1 atom stereocenters. The van der Waals surface area contributed by atoms with Crippen LogP contribution in [0.25, 0.3) is 0 Å². The lowest BCUT2D eigenvalue weighted by atomic mass is 10.3. The highest BCUT2D eigenvalue weighted by Crippen LogP contribution is 2.35. The van der Waals surface area contributed by atoms with E-state index >= 15 is 0 Å². The van der Waals surface area contributed by atoms with Crippen molar-refractivity contribution in [3.05, 3.63) is 0 Å². The van der Waals surface area contributed by atoms with E-state index in [0.29, 0.717) is 12.5 Å². The van der Waals surface area contributed by atoms with Gasteiger partial charge >= 0.3 is 0 Å². The molecule has 0 spiro atoms. The molecule has 1 N–H and O–H groups in total. The van der Waals surface area contributed by atoms with Gasteiger partial charge in [0.05, 0.1) is 6.61 Å². The fourth-order valence-corrected chi connectivity index (χ4v) is 2.66. The third kappa shape index (κ3) is 2.18. The van der Waals surface area contributed by atoms with Crippen LogP contribution < -0.4 is 4.72 Å². The fourth-order valence-electron chi connectivity index (χ4n) is 1.26. The van der Waals surface area contributed by atoms with Gasteiger partial charge in [-0.05, 0) is 25.8 Å². The molecule has 0 radical (unpaired) electrons. The molecular weight excluding hydrogens is 178 g/mol. The highest BCUT2D eigenvalue weighted by atomic mass is 32.2. The van der Waals surface area contributed by atoms with Crippen LogP contribution in [0.5, 0.6) is 0 Å². The largest absolute Gasteiger partial charge is 0.383 e. The molecule has 0 amide bonds. The average Bonchev–Trinajstić information content (AvgIpc) is 2.83. The third-order valence-corrected chi connectivity index (χ3v) is 4.05. The molecule has 1 fully saturated rings. The third-order valence-electron chi connectivity index (χ3n) is 2.16. The van der Waals surface area contributed by atoms with E-state index in [-0.39, 0.29) is 5.25 Å². The molecule has 1 aliphatic rings. The standard InChI is InChI=1S/C7H15NO3S/c1-8-12(9,10)7(5-11-2)6-3-4-6/h6-8H,3-5H2,1-2H3. The molecule has 0 saturated heterocycles. The summed E-state index contributed by atoms with van der Waals surface area (Å²) >= 11 is 0. The molecule has 5 heteroatoms. The van der Waals surface area contributed by atoms with Crippen LogP contribution in [0.2, 0.25) is 0 Å². The predicted octanol–water partition coefficient (Wildman–Crippen LogP) is -0.0394. The summed E-state index contributed by atoms with van der Waals surface area (Å²) in [5, 5.41) is -0.354. The Hall–Kier alpha value is -0.130. The van der Waals surface area contributed by atoms with Crippen molar-refractivity contribution >= 4 is 10.0 Å². The second kappa shape index (κ2) is 3.72. The summed E-state index contributed by atoms with van der Waals surface area (Å²) in [7, 11) is -0.161. The molecule has 1 unspecified atom stereocenters. The summed E-state index contributed by atoms with van der Waals surface area (Å²) in [5.74, 6) is 0.308. The van der Waals surface area contributed by atoms with Gasteiger partial charge in [0.15, 0.2) is 0 Å². The van der Waals surface area contributed by atoms with Crippen molar-refractivity contribution in [1.82, 2.24) is 4.72 Å². The van der Waals surface area contributed by atoms with E-state index in [1.165, 1.54) is 14.2 Å². The van der Waals surface area contributed by atoms with E-state index in [9.17, 15) is 8.42 Å². The lowest BCUT2D eigenvalue weighted by Gasteiger charge is -2.14. The lowest BCUT2D eigenvalue weighted by Crippen LogP contribution is -2.36. The quantitative estimate of drug-likeness (QED) is 0.666. The van der Waals surface area contributed by atoms with Gasteiger partial charge in [0.25, 0.3) is 0 Å². The number of nitrogens with one attached hydrogen (secondary N) is 1. The molecule has 0 bridgehead atoms. The summed E-state index contributed by atoms with van der Waals surface area (Å²) in [6, 6.07) is 0. The van der Waals surface area contributed by atoms with E-state index in [2.05, 4.69) is 4.72 Å². The van der Waals surface area contributed by atoms with Crippen LogP contribution in [0.15, 0.2) is 0 Å². The van der Waals surface area contributed by atoms with Crippen LogP contribution in [0.1, 0.15) is 12.8 Å². The van der Waals surface area contributed by atoms with Gasteiger partial charge in [-0.3, -0.25) is 0 Å². The molecular formula is C7H15NO3S. The van der Waals surface area contributed by atoms with E-state index in [0.717, 1.165) is 12.8 Å². The minimum atomic E-state index is -3.13. The Morgan fingerprint density at radius 3 is 2.50 bits per heavy atom. The van der Waals surface area contributed by atoms with E-state index in [1.54, 1.807) is 0 Å². The van der Waals surface area contributed by atoms with Gasteiger partial charge in [-0.25, -0.2) is 13.1 Å². The number of methoxy groups -OCH3 is 1. The SMILES string of the molecule is CNS(=O)(=O)C(COC)C1CC1. The molecule has 4 nitrogen and oxygen atoms in total. The van der Waals surface area contributed by atoms with Crippen LogP contribution in [-0.4, -0.2) is 34.4 Å². The number of rotatable bonds is 5. The van der Waals surface area contributed by atoms with Crippen molar-refractivity contribution < 1.29 is 13.2 Å². The van der Waals surface area contributed by atoms with Gasteiger partial charge in [0.2, 0.25) is 10.0 Å². The number of ether oxygens (including phenoxy) is 1. The predicted molar refractivity (Wildman–Crippen MR) is 46.4 cm³/mol. The molecule has 1 saturated carbocycles. The van der Waals surface area contributed by atoms with Crippen molar-refractivity contribution in [2.75, 3.05) is 20.8 Å². The van der Waals surface area contributed by atoms with Gasteiger partial charge in [-0.1, -0.05) is 0 Å². The van der Waals surface area contributed by atoms with Crippen LogP contribution >= 0.6 is 0 Å². The fraction of sp³-hybridized carbons (Fsp3) is 1.00. The first-order valence-corrected chi connectivity index (χ1v) is 5.57. The van der Waals surface area contributed by atoms with Crippen molar-refractivity contribution in [3.8, 4) is 0 Å². The van der Waals surface area contributed by atoms with E-state index in [4.69, 9.17) is 4.74 Å². The molecule has 0 heterocycles. The zero-order chi connectivity index (χ0) is 9.19. The molecule has 1 aliphatic carbocycles. The summed E-state index contributed by atoms with van der Waals surface area (Å²) in [5.41, 5.74) is 0. The molecule has 0 aromatic rings. The van der Waals surface area contributed by atoms with Crippen molar-refractivity contribution in [1.29, 1.82) is 0 Å². The van der Waals surface area contributed by atoms with Gasteiger partial charge in [0, 0.05) is 7.11 Å². The molecule has 72 valence electrons. The normalized spacial score (nSPS) is 20.8. The Labute approximate surface area is 73.3 Å². The Kier molecular flexibility index (Phi) is 3.09. The Morgan fingerprint density at radius 2 is 2.17 bits per heavy atom. The number of sulfonamides is 1. The molecule has 0 aromatic carbocycles. The van der Waals surface area contributed by atoms with Crippen LogP contribution in [0.4, 0.5) is 0 Å². The lowest BCUT2D eigenvalue weighted by molar-refractivity contribution is 0.191. The Balaban J connectivity index is 2.64. The first kappa shape index (κ1) is 9.95. The average molecular weight is 193 g/mol. The molecule has 12 heavy (non-hydrogen) atoms. The summed E-state index contributed by atoms with van der Waals surface area (Å²) in [6.45, 7) is 0.299. The summed E-state index contributed by atoms with van der Waals surface area (Å²) in [6.07, 6.45) is 2.02. The van der Waals surface area contributed by atoms with E-state index in [1.807, 2.05) is 0 Å². The zero-order valence-corrected chi connectivity index (χ0v) is 8.23. The zero-order valence-electron chi connectivity index (χ0n) is 7.41. The number of hydrogen-bond donors (Lipinski definition) is 1. The maximum atomic E-state index is 11.4. The Bertz CT molecular complexity index is 233. The first-order chi connectivity index (χ1) is 5.61.